The molecule has 1 unspecified atom stereocenters. The summed E-state index contributed by atoms with van der Waals surface area (Å²) in [6, 6.07) is 7.99. The van der Waals surface area contributed by atoms with E-state index in [1.807, 2.05) is 25.1 Å². The molecule has 1 N–H and O–H groups in total. The van der Waals surface area contributed by atoms with Crippen LogP contribution in [-0.2, 0) is 9.63 Å². The number of nitrogens with one attached hydrogen (secondary N) is 1. The number of carbonyl (C=O) groups excluding carboxylic acids is 2. The minimum atomic E-state index is -0.639. The molecule has 1 saturated heterocycles. The maximum atomic E-state index is 12.0. The van der Waals surface area contributed by atoms with Crippen LogP contribution in [0.25, 0.3) is 0 Å². The molecule has 5 nitrogen and oxygen atoms in total. The van der Waals surface area contributed by atoms with Crippen LogP contribution in [0.1, 0.15) is 31.4 Å². The number of urea groups is 1. The van der Waals surface area contributed by atoms with E-state index in [2.05, 4.69) is 5.32 Å². The standard InChI is InChI=1S/C13H16N2O3/c1-2-3-9-18-15-12(16)11(14-13(15)17)10-7-5-4-6-8-10/h4-8,11H,2-3,9H2,1H3,(H,14,17). The Bertz CT molecular complexity index is 433. The van der Waals surface area contributed by atoms with Crippen LogP contribution < -0.4 is 5.32 Å². The van der Waals surface area contributed by atoms with Crippen LogP contribution in [0.15, 0.2) is 30.3 Å². The Kier molecular flexibility index (Phi) is 3.94. The quantitative estimate of drug-likeness (QED) is 0.640. The lowest BCUT2D eigenvalue weighted by Crippen LogP contribution is -2.31. The predicted molar refractivity (Wildman–Crippen MR) is 65.4 cm³/mol. The summed E-state index contributed by atoms with van der Waals surface area (Å²) in [6.45, 7) is 2.39. The molecule has 0 saturated carbocycles. The second-order valence-corrected chi connectivity index (χ2v) is 4.11. The molecule has 0 bridgehead atoms. The summed E-state index contributed by atoms with van der Waals surface area (Å²) in [4.78, 5) is 28.9. The van der Waals surface area contributed by atoms with Crippen LogP contribution in [0.3, 0.4) is 0 Å². The van der Waals surface area contributed by atoms with Crippen LogP contribution in [0.5, 0.6) is 0 Å². The maximum Gasteiger partial charge on any atom is 0.349 e. The van der Waals surface area contributed by atoms with E-state index in [1.165, 1.54) is 0 Å². The molecule has 1 fully saturated rings. The van der Waals surface area contributed by atoms with Crippen molar-refractivity contribution >= 4 is 11.9 Å². The van der Waals surface area contributed by atoms with E-state index in [-0.39, 0.29) is 5.91 Å². The first-order valence-electron chi connectivity index (χ1n) is 6.06. The van der Waals surface area contributed by atoms with Crippen molar-refractivity contribution < 1.29 is 14.4 Å². The fourth-order valence-electron chi connectivity index (χ4n) is 1.75. The van der Waals surface area contributed by atoms with Crippen molar-refractivity contribution in [1.82, 2.24) is 10.4 Å². The molecule has 1 aromatic rings. The number of unbranched alkanes of at least 4 members (excludes halogenated alkanes) is 1. The van der Waals surface area contributed by atoms with E-state index in [0.717, 1.165) is 23.5 Å². The fraction of sp³-hybridized carbons (Fsp3) is 0.385. The van der Waals surface area contributed by atoms with Crippen molar-refractivity contribution in [2.45, 2.75) is 25.8 Å². The van der Waals surface area contributed by atoms with Gasteiger partial charge in [-0.1, -0.05) is 43.7 Å². The van der Waals surface area contributed by atoms with Crippen molar-refractivity contribution in [3.05, 3.63) is 35.9 Å². The molecule has 0 aromatic heterocycles. The highest BCUT2D eigenvalue weighted by molar-refractivity contribution is 6.03. The van der Waals surface area contributed by atoms with Crippen LogP contribution in [0.4, 0.5) is 4.79 Å². The van der Waals surface area contributed by atoms with Crippen LogP contribution >= 0.6 is 0 Å². The number of rotatable bonds is 5. The Morgan fingerprint density at radius 1 is 1.28 bits per heavy atom. The molecule has 5 heteroatoms. The lowest BCUT2D eigenvalue weighted by atomic mass is 10.1. The fourth-order valence-corrected chi connectivity index (χ4v) is 1.75. The molecule has 2 rings (SSSR count). The third kappa shape index (κ3) is 2.51. The summed E-state index contributed by atoms with van der Waals surface area (Å²) in [5, 5.41) is 3.44. The molecule has 0 spiro atoms. The number of carbonyl (C=O) groups is 2. The normalized spacial score (nSPS) is 19.2. The van der Waals surface area contributed by atoms with E-state index < -0.39 is 12.1 Å². The van der Waals surface area contributed by atoms with Crippen LogP contribution in [0.2, 0.25) is 0 Å². The lowest BCUT2D eigenvalue weighted by molar-refractivity contribution is -0.164. The number of amides is 3. The summed E-state index contributed by atoms with van der Waals surface area (Å²) < 4.78 is 0. The first-order chi connectivity index (χ1) is 8.74. The minimum absolute atomic E-state index is 0.359. The molecular formula is C13H16N2O3. The molecule has 1 heterocycles. The minimum Gasteiger partial charge on any atom is -0.320 e. The molecule has 0 aliphatic carbocycles. The second kappa shape index (κ2) is 5.64. The Hall–Kier alpha value is -1.88. The highest BCUT2D eigenvalue weighted by Gasteiger charge is 2.40. The zero-order valence-corrected chi connectivity index (χ0v) is 10.3. The van der Waals surface area contributed by atoms with E-state index in [9.17, 15) is 9.59 Å². The molecular weight excluding hydrogens is 232 g/mol. The molecule has 3 amide bonds. The summed E-state index contributed by atoms with van der Waals surface area (Å²) in [6.07, 6.45) is 1.76. The topological polar surface area (TPSA) is 58.6 Å². The molecule has 18 heavy (non-hydrogen) atoms. The number of hydroxylamine groups is 2. The van der Waals surface area contributed by atoms with Gasteiger partial charge in [0.15, 0.2) is 0 Å². The largest absolute Gasteiger partial charge is 0.349 e. The van der Waals surface area contributed by atoms with Crippen molar-refractivity contribution in [2.24, 2.45) is 0 Å². The van der Waals surface area contributed by atoms with Crippen molar-refractivity contribution in [3.8, 4) is 0 Å². The van der Waals surface area contributed by atoms with Crippen LogP contribution in [0, 0.1) is 0 Å². The van der Waals surface area contributed by atoms with Gasteiger partial charge in [-0.05, 0) is 12.0 Å². The predicted octanol–water partition coefficient (Wildman–Crippen LogP) is 2.01. The van der Waals surface area contributed by atoms with Crippen LogP contribution in [-0.4, -0.2) is 23.6 Å². The van der Waals surface area contributed by atoms with Crippen molar-refractivity contribution in [3.63, 3.8) is 0 Å². The van der Waals surface area contributed by atoms with Gasteiger partial charge in [0.05, 0.1) is 6.61 Å². The number of hydrogen-bond donors (Lipinski definition) is 1. The van der Waals surface area contributed by atoms with Gasteiger partial charge in [-0.25, -0.2) is 4.79 Å². The monoisotopic (exact) mass is 248 g/mol. The summed E-state index contributed by atoms with van der Waals surface area (Å²) in [5.41, 5.74) is 0.762. The van der Waals surface area contributed by atoms with E-state index in [4.69, 9.17) is 4.84 Å². The van der Waals surface area contributed by atoms with E-state index in [1.54, 1.807) is 12.1 Å². The van der Waals surface area contributed by atoms with Crippen molar-refractivity contribution in [2.75, 3.05) is 6.61 Å². The van der Waals surface area contributed by atoms with Crippen molar-refractivity contribution in [1.29, 1.82) is 0 Å². The first-order valence-corrected chi connectivity index (χ1v) is 6.06. The highest BCUT2D eigenvalue weighted by atomic mass is 16.7. The summed E-state index contributed by atoms with van der Waals surface area (Å²) in [5.74, 6) is -0.359. The van der Waals surface area contributed by atoms with E-state index >= 15 is 0 Å². The van der Waals surface area contributed by atoms with Gasteiger partial charge in [0, 0.05) is 0 Å². The smallest absolute Gasteiger partial charge is 0.320 e. The maximum absolute atomic E-state index is 12.0. The molecule has 0 radical (unpaired) electrons. The number of imide groups is 1. The number of nitrogens with zero attached hydrogens (tertiary/aromatic N) is 1. The Labute approximate surface area is 106 Å². The van der Waals surface area contributed by atoms with Gasteiger partial charge in [-0.2, -0.15) is 0 Å². The average molecular weight is 248 g/mol. The molecule has 1 aliphatic rings. The number of hydrogen-bond acceptors (Lipinski definition) is 3. The Balaban J connectivity index is 2.05. The SMILES string of the molecule is CCCCON1C(=O)NC(c2ccccc2)C1=O. The molecule has 1 aromatic carbocycles. The van der Waals surface area contributed by atoms with Gasteiger partial charge >= 0.3 is 6.03 Å². The average Bonchev–Trinajstić information content (AvgIpc) is 2.68. The van der Waals surface area contributed by atoms with Gasteiger partial charge < -0.3 is 5.32 Å². The second-order valence-electron chi connectivity index (χ2n) is 4.11. The Morgan fingerprint density at radius 3 is 2.67 bits per heavy atom. The van der Waals surface area contributed by atoms with E-state index in [0.29, 0.717) is 6.61 Å². The van der Waals surface area contributed by atoms with Gasteiger partial charge in [0.1, 0.15) is 6.04 Å². The zero-order chi connectivity index (χ0) is 13.0. The van der Waals surface area contributed by atoms with Gasteiger partial charge in [0.25, 0.3) is 5.91 Å². The zero-order valence-electron chi connectivity index (χ0n) is 10.3. The molecule has 1 aliphatic heterocycles. The first kappa shape index (κ1) is 12.6. The van der Waals surface area contributed by atoms with Gasteiger partial charge in [-0.15, -0.1) is 5.06 Å². The highest BCUT2D eigenvalue weighted by Crippen LogP contribution is 2.21. The third-order valence-corrected chi connectivity index (χ3v) is 2.75. The Morgan fingerprint density at radius 2 is 2.00 bits per heavy atom. The molecule has 1 atom stereocenters. The summed E-state index contributed by atoms with van der Waals surface area (Å²) in [7, 11) is 0. The third-order valence-electron chi connectivity index (χ3n) is 2.75. The lowest BCUT2D eigenvalue weighted by Gasteiger charge is -2.12. The number of benzene rings is 1. The summed E-state index contributed by atoms with van der Waals surface area (Å²) >= 11 is 0. The molecule has 96 valence electrons. The van der Waals surface area contributed by atoms with Gasteiger partial charge in [-0.3, -0.25) is 9.63 Å². The van der Waals surface area contributed by atoms with Gasteiger partial charge in [0.2, 0.25) is 0 Å².